The summed E-state index contributed by atoms with van der Waals surface area (Å²) in [6.07, 6.45) is 1.33. The molecule has 9 nitrogen and oxygen atoms in total. The molecule has 138 valence electrons. The van der Waals surface area contributed by atoms with Crippen LogP contribution in [-0.4, -0.2) is 40.6 Å². The molecule has 1 heterocycles. The molecule has 0 aromatic heterocycles. The highest BCUT2D eigenvalue weighted by molar-refractivity contribution is 7.89. The first kappa shape index (κ1) is 19.2. The molecule has 1 aliphatic heterocycles. The van der Waals surface area contributed by atoms with Gasteiger partial charge in [-0.1, -0.05) is 0 Å². The minimum Gasteiger partial charge on any atom is -0.496 e. The number of sulfonamides is 1. The lowest BCUT2D eigenvalue weighted by atomic mass is 9.91. The summed E-state index contributed by atoms with van der Waals surface area (Å²) in [7, 11) is -2.37. The van der Waals surface area contributed by atoms with Crippen LogP contribution in [0.15, 0.2) is 23.1 Å². The molecule has 1 fully saturated rings. The second-order valence-electron chi connectivity index (χ2n) is 5.79. The van der Waals surface area contributed by atoms with Crippen LogP contribution in [0.2, 0.25) is 0 Å². The molecule has 5 N–H and O–H groups in total. The maximum atomic E-state index is 12.4. The van der Waals surface area contributed by atoms with Gasteiger partial charge in [0, 0.05) is 12.1 Å². The van der Waals surface area contributed by atoms with Crippen LogP contribution in [0.4, 0.5) is 4.79 Å². The highest BCUT2D eigenvalue weighted by Crippen LogP contribution is 2.34. The number of nitrogens with one attached hydrogen (secondary N) is 3. The Bertz CT molecular complexity index is 780. The molecule has 25 heavy (non-hydrogen) atoms. The van der Waals surface area contributed by atoms with Crippen LogP contribution in [0.3, 0.4) is 0 Å². The van der Waals surface area contributed by atoms with Gasteiger partial charge >= 0.3 is 6.03 Å². The van der Waals surface area contributed by atoms with E-state index < -0.39 is 27.5 Å². The Labute approximate surface area is 146 Å². The number of amides is 3. The number of hydrogen-bond donors (Lipinski definition) is 4. The van der Waals surface area contributed by atoms with E-state index in [1.165, 1.54) is 32.2 Å². The second kappa shape index (κ2) is 7.38. The third-order valence-electron chi connectivity index (χ3n) is 3.99. The van der Waals surface area contributed by atoms with Crippen molar-refractivity contribution in [3.8, 4) is 5.75 Å². The van der Waals surface area contributed by atoms with Crippen LogP contribution in [0.5, 0.6) is 5.75 Å². The van der Waals surface area contributed by atoms with Gasteiger partial charge in [-0.3, -0.25) is 10.1 Å². The van der Waals surface area contributed by atoms with Gasteiger partial charge in [0.25, 0.3) is 5.91 Å². The van der Waals surface area contributed by atoms with Crippen LogP contribution < -0.4 is 25.8 Å². The molecule has 2 rings (SSSR count). The standard InChI is InChI=1S/C15H22N4O5S/c1-15(13(20)18-14(21)19-15)11-9-10(5-6-12(11)24-2)25(22,23)17-8-4-3-7-16/h5-6,9,17H,3-4,7-8,16H2,1-2H3,(H2,18,19,20,21). The fourth-order valence-electron chi connectivity index (χ4n) is 2.54. The van der Waals surface area contributed by atoms with E-state index in [2.05, 4.69) is 15.4 Å². The van der Waals surface area contributed by atoms with Gasteiger partial charge in [-0.15, -0.1) is 0 Å². The number of benzene rings is 1. The number of methoxy groups -OCH3 is 1. The van der Waals surface area contributed by atoms with Gasteiger partial charge in [-0.05, 0) is 44.5 Å². The molecule has 1 aromatic rings. The maximum Gasteiger partial charge on any atom is 0.322 e. The number of nitrogens with two attached hydrogens (primary N) is 1. The molecule has 0 aliphatic carbocycles. The lowest BCUT2D eigenvalue weighted by molar-refractivity contribution is -0.123. The first-order chi connectivity index (χ1) is 11.7. The van der Waals surface area contributed by atoms with Crippen molar-refractivity contribution >= 4 is 22.0 Å². The summed E-state index contributed by atoms with van der Waals surface area (Å²) in [5, 5.41) is 4.64. The Morgan fingerprint density at radius 3 is 2.56 bits per heavy atom. The fourth-order valence-corrected chi connectivity index (χ4v) is 3.64. The Hall–Kier alpha value is -2.17. The summed E-state index contributed by atoms with van der Waals surface area (Å²) in [5.74, 6) is -0.289. The van der Waals surface area contributed by atoms with Crippen molar-refractivity contribution in [2.45, 2.75) is 30.2 Å². The van der Waals surface area contributed by atoms with Gasteiger partial charge in [0.1, 0.15) is 11.3 Å². The Balaban J connectivity index is 2.37. The van der Waals surface area contributed by atoms with Crippen molar-refractivity contribution in [3.05, 3.63) is 23.8 Å². The molecule has 1 saturated heterocycles. The lowest BCUT2D eigenvalue weighted by Crippen LogP contribution is -2.41. The maximum absolute atomic E-state index is 12.4. The zero-order chi connectivity index (χ0) is 18.7. The van der Waals surface area contributed by atoms with Crippen molar-refractivity contribution < 1.29 is 22.7 Å². The number of unbranched alkanes of at least 4 members (excludes halogenated alkanes) is 1. The number of imide groups is 1. The molecular weight excluding hydrogens is 348 g/mol. The first-order valence-corrected chi connectivity index (χ1v) is 9.25. The van der Waals surface area contributed by atoms with Crippen molar-refractivity contribution in [1.82, 2.24) is 15.4 Å². The van der Waals surface area contributed by atoms with Gasteiger partial charge in [0.05, 0.1) is 12.0 Å². The van der Waals surface area contributed by atoms with Crippen molar-refractivity contribution in [1.29, 1.82) is 0 Å². The van der Waals surface area contributed by atoms with Crippen LogP contribution in [0, 0.1) is 0 Å². The molecule has 0 radical (unpaired) electrons. The highest BCUT2D eigenvalue weighted by Gasteiger charge is 2.45. The van der Waals surface area contributed by atoms with Gasteiger partial charge in [-0.25, -0.2) is 17.9 Å². The minimum absolute atomic E-state index is 0.0220. The zero-order valence-electron chi connectivity index (χ0n) is 14.1. The van der Waals surface area contributed by atoms with E-state index in [0.717, 1.165) is 0 Å². The van der Waals surface area contributed by atoms with Crippen LogP contribution in [0.1, 0.15) is 25.3 Å². The number of ether oxygens (including phenoxy) is 1. The molecule has 0 bridgehead atoms. The largest absolute Gasteiger partial charge is 0.496 e. The second-order valence-corrected chi connectivity index (χ2v) is 7.56. The topological polar surface area (TPSA) is 140 Å². The minimum atomic E-state index is -3.77. The molecule has 10 heteroatoms. The average molecular weight is 370 g/mol. The SMILES string of the molecule is COc1ccc(S(=O)(=O)NCCCCN)cc1C1(C)NC(=O)NC1=O. The van der Waals surface area contributed by atoms with E-state index in [9.17, 15) is 18.0 Å². The third kappa shape index (κ3) is 3.91. The lowest BCUT2D eigenvalue weighted by Gasteiger charge is -2.24. The number of hydrogen-bond acceptors (Lipinski definition) is 6. The first-order valence-electron chi connectivity index (χ1n) is 7.76. The molecule has 3 amide bonds. The molecule has 0 saturated carbocycles. The summed E-state index contributed by atoms with van der Waals surface area (Å²) in [6, 6.07) is 3.51. The van der Waals surface area contributed by atoms with Crippen LogP contribution in [-0.2, 0) is 20.4 Å². The number of carbonyl (C=O) groups excluding carboxylic acids is 2. The number of rotatable bonds is 8. The monoisotopic (exact) mass is 370 g/mol. The van der Waals surface area contributed by atoms with E-state index in [0.29, 0.717) is 25.1 Å². The summed E-state index contributed by atoms with van der Waals surface area (Å²) in [6.45, 7) is 2.23. The van der Waals surface area contributed by atoms with Gasteiger partial charge in [0.15, 0.2) is 0 Å². The predicted molar refractivity (Wildman–Crippen MR) is 90.5 cm³/mol. The van der Waals surface area contributed by atoms with E-state index in [4.69, 9.17) is 10.5 Å². The molecule has 1 aromatic carbocycles. The Kier molecular flexibility index (Phi) is 5.65. The number of carbonyl (C=O) groups is 2. The van der Waals surface area contributed by atoms with Crippen molar-refractivity contribution in [2.75, 3.05) is 20.2 Å². The summed E-state index contributed by atoms with van der Waals surface area (Å²) >= 11 is 0. The molecule has 1 atom stereocenters. The van der Waals surface area contributed by atoms with Crippen molar-refractivity contribution in [3.63, 3.8) is 0 Å². The normalized spacial score (nSPS) is 20.3. The molecule has 1 unspecified atom stereocenters. The summed E-state index contributed by atoms with van der Waals surface area (Å²) in [4.78, 5) is 23.6. The Morgan fingerprint density at radius 1 is 1.28 bits per heavy atom. The third-order valence-corrected chi connectivity index (χ3v) is 5.45. The average Bonchev–Trinajstić information content (AvgIpc) is 2.84. The smallest absolute Gasteiger partial charge is 0.322 e. The van der Waals surface area contributed by atoms with Gasteiger partial charge in [0.2, 0.25) is 10.0 Å². The zero-order valence-corrected chi connectivity index (χ0v) is 14.9. The van der Waals surface area contributed by atoms with E-state index in [-0.39, 0.29) is 17.0 Å². The quantitative estimate of drug-likeness (QED) is 0.368. The van der Waals surface area contributed by atoms with Gasteiger partial charge in [-0.2, -0.15) is 0 Å². The summed E-state index contributed by atoms with van der Waals surface area (Å²) in [5.41, 5.74) is 4.22. The molecule has 0 spiro atoms. The predicted octanol–water partition coefficient (Wildman–Crippen LogP) is -0.233. The summed E-state index contributed by atoms with van der Waals surface area (Å²) < 4.78 is 32.6. The molecule has 1 aliphatic rings. The molecular formula is C15H22N4O5S. The van der Waals surface area contributed by atoms with E-state index in [1.54, 1.807) is 0 Å². The van der Waals surface area contributed by atoms with E-state index in [1.807, 2.05) is 0 Å². The number of urea groups is 1. The van der Waals surface area contributed by atoms with Crippen LogP contribution in [0.25, 0.3) is 0 Å². The highest BCUT2D eigenvalue weighted by atomic mass is 32.2. The van der Waals surface area contributed by atoms with Gasteiger partial charge < -0.3 is 15.8 Å². The fraction of sp³-hybridized carbons (Fsp3) is 0.467. The Morgan fingerprint density at radius 2 is 2.00 bits per heavy atom. The van der Waals surface area contributed by atoms with E-state index >= 15 is 0 Å². The van der Waals surface area contributed by atoms with Crippen LogP contribution >= 0.6 is 0 Å². The van der Waals surface area contributed by atoms with Crippen molar-refractivity contribution in [2.24, 2.45) is 5.73 Å².